The number of halogens is 1. The number of amides is 1. The quantitative estimate of drug-likeness (QED) is 0.780. The van der Waals surface area contributed by atoms with Gasteiger partial charge in [0, 0.05) is 11.8 Å². The maximum Gasteiger partial charge on any atom is 0.337 e. The maximum atomic E-state index is 13.2. The van der Waals surface area contributed by atoms with E-state index in [0.717, 1.165) is 18.2 Å². The Balaban J connectivity index is 2.22. The standard InChI is InChI=1S/C13H12FN3O3S/c14-7-1-2-8(13(19)20)9(5-7)17-12(18)10-6-21-11(16-10)3-4-15/h1-2,5-6H,3-4,15H2,(H,17,18)(H,19,20). The lowest BCUT2D eigenvalue weighted by Crippen LogP contribution is -2.15. The highest BCUT2D eigenvalue weighted by Crippen LogP contribution is 2.19. The second-order valence-electron chi connectivity index (χ2n) is 4.11. The second-order valence-corrected chi connectivity index (χ2v) is 5.06. The van der Waals surface area contributed by atoms with Gasteiger partial charge in [0.05, 0.1) is 16.3 Å². The number of hydrogen-bond acceptors (Lipinski definition) is 5. The summed E-state index contributed by atoms with van der Waals surface area (Å²) in [6, 6.07) is 3.06. The van der Waals surface area contributed by atoms with Gasteiger partial charge >= 0.3 is 5.97 Å². The predicted molar refractivity (Wildman–Crippen MR) is 76.2 cm³/mol. The molecule has 0 bridgehead atoms. The Morgan fingerprint density at radius 1 is 1.43 bits per heavy atom. The minimum absolute atomic E-state index is 0.110. The van der Waals surface area contributed by atoms with Crippen LogP contribution in [0.25, 0.3) is 0 Å². The van der Waals surface area contributed by atoms with Crippen molar-refractivity contribution in [3.63, 3.8) is 0 Å². The highest BCUT2D eigenvalue weighted by molar-refractivity contribution is 7.09. The van der Waals surface area contributed by atoms with Crippen molar-refractivity contribution >= 4 is 28.9 Å². The van der Waals surface area contributed by atoms with E-state index in [1.165, 1.54) is 11.3 Å². The average Bonchev–Trinajstić information content (AvgIpc) is 2.87. The number of rotatable bonds is 5. The highest BCUT2D eigenvalue weighted by Gasteiger charge is 2.16. The number of nitrogens with zero attached hydrogens (tertiary/aromatic N) is 1. The maximum absolute atomic E-state index is 13.2. The number of nitrogens with one attached hydrogen (secondary N) is 1. The van der Waals surface area contributed by atoms with Gasteiger partial charge in [0.2, 0.25) is 0 Å². The lowest BCUT2D eigenvalue weighted by Gasteiger charge is -2.07. The third kappa shape index (κ3) is 3.61. The Hall–Kier alpha value is -2.32. The normalized spacial score (nSPS) is 10.4. The first-order chi connectivity index (χ1) is 10.0. The highest BCUT2D eigenvalue weighted by atomic mass is 32.1. The molecule has 110 valence electrons. The van der Waals surface area contributed by atoms with Gasteiger partial charge in [0.1, 0.15) is 11.5 Å². The van der Waals surface area contributed by atoms with Gasteiger partial charge in [-0.3, -0.25) is 4.79 Å². The van der Waals surface area contributed by atoms with Crippen LogP contribution in [0.2, 0.25) is 0 Å². The third-order valence-electron chi connectivity index (χ3n) is 2.60. The van der Waals surface area contributed by atoms with E-state index in [2.05, 4.69) is 10.3 Å². The summed E-state index contributed by atoms with van der Waals surface area (Å²) in [7, 11) is 0. The zero-order valence-corrected chi connectivity index (χ0v) is 11.6. The third-order valence-corrected chi connectivity index (χ3v) is 3.51. The summed E-state index contributed by atoms with van der Waals surface area (Å²) in [4.78, 5) is 27.1. The van der Waals surface area contributed by atoms with Crippen molar-refractivity contribution in [1.29, 1.82) is 0 Å². The lowest BCUT2D eigenvalue weighted by molar-refractivity contribution is 0.0698. The molecule has 2 rings (SSSR count). The second kappa shape index (κ2) is 6.42. The van der Waals surface area contributed by atoms with Gasteiger partial charge in [-0.25, -0.2) is 14.2 Å². The van der Waals surface area contributed by atoms with Crippen LogP contribution in [-0.4, -0.2) is 28.5 Å². The summed E-state index contributed by atoms with van der Waals surface area (Å²) in [6.45, 7) is 0.418. The number of carbonyl (C=O) groups excluding carboxylic acids is 1. The van der Waals surface area contributed by atoms with E-state index in [1.54, 1.807) is 5.38 Å². The Bertz CT molecular complexity index is 687. The van der Waals surface area contributed by atoms with Crippen LogP contribution >= 0.6 is 11.3 Å². The van der Waals surface area contributed by atoms with Crippen LogP contribution in [0, 0.1) is 5.82 Å². The number of carboxylic acids is 1. The molecule has 0 fully saturated rings. The van der Waals surface area contributed by atoms with Crippen molar-refractivity contribution in [3.05, 3.63) is 45.7 Å². The first-order valence-electron chi connectivity index (χ1n) is 6.00. The van der Waals surface area contributed by atoms with Crippen molar-refractivity contribution in [2.24, 2.45) is 5.73 Å². The number of carboxylic acid groups (broad SMARTS) is 1. The van der Waals surface area contributed by atoms with Crippen molar-refractivity contribution in [1.82, 2.24) is 4.98 Å². The van der Waals surface area contributed by atoms with E-state index in [1.807, 2.05) is 0 Å². The van der Waals surface area contributed by atoms with Crippen LogP contribution < -0.4 is 11.1 Å². The van der Waals surface area contributed by atoms with Gasteiger partial charge in [-0.1, -0.05) is 0 Å². The van der Waals surface area contributed by atoms with Gasteiger partial charge < -0.3 is 16.2 Å². The van der Waals surface area contributed by atoms with Crippen LogP contribution in [0.3, 0.4) is 0 Å². The molecule has 1 aromatic carbocycles. The summed E-state index contributed by atoms with van der Waals surface area (Å²) in [5.41, 5.74) is 5.24. The smallest absolute Gasteiger partial charge is 0.337 e. The Labute approximate surface area is 123 Å². The van der Waals surface area contributed by atoms with E-state index in [-0.39, 0.29) is 16.9 Å². The molecule has 0 radical (unpaired) electrons. The van der Waals surface area contributed by atoms with E-state index in [0.29, 0.717) is 18.0 Å². The monoisotopic (exact) mass is 309 g/mol. The molecule has 8 heteroatoms. The molecule has 4 N–H and O–H groups in total. The fourth-order valence-electron chi connectivity index (χ4n) is 1.65. The summed E-state index contributed by atoms with van der Waals surface area (Å²) in [5.74, 6) is -2.49. The molecule has 6 nitrogen and oxygen atoms in total. The van der Waals surface area contributed by atoms with E-state index in [4.69, 9.17) is 10.8 Å². The fraction of sp³-hybridized carbons (Fsp3) is 0.154. The SMILES string of the molecule is NCCc1nc(C(=O)Nc2cc(F)ccc2C(=O)O)cs1. The van der Waals surface area contributed by atoms with Crippen molar-refractivity contribution in [2.75, 3.05) is 11.9 Å². The molecule has 0 aliphatic heterocycles. The zero-order valence-electron chi connectivity index (χ0n) is 10.8. The number of anilines is 1. The number of benzene rings is 1. The average molecular weight is 309 g/mol. The number of thiazole rings is 1. The Morgan fingerprint density at radius 2 is 2.19 bits per heavy atom. The molecule has 0 saturated carbocycles. The van der Waals surface area contributed by atoms with Crippen molar-refractivity contribution in [2.45, 2.75) is 6.42 Å². The molecule has 1 amide bonds. The van der Waals surface area contributed by atoms with Crippen LogP contribution in [0.15, 0.2) is 23.6 Å². The van der Waals surface area contributed by atoms with Gasteiger partial charge in [-0.05, 0) is 24.7 Å². The number of hydrogen-bond donors (Lipinski definition) is 3. The van der Waals surface area contributed by atoms with E-state index in [9.17, 15) is 14.0 Å². The van der Waals surface area contributed by atoms with Crippen LogP contribution in [0.4, 0.5) is 10.1 Å². The van der Waals surface area contributed by atoms with Gasteiger partial charge in [0.25, 0.3) is 5.91 Å². The molecule has 21 heavy (non-hydrogen) atoms. The molecule has 0 saturated heterocycles. The summed E-state index contributed by atoms with van der Waals surface area (Å²) >= 11 is 1.28. The van der Waals surface area contributed by atoms with Crippen molar-refractivity contribution < 1.29 is 19.1 Å². The van der Waals surface area contributed by atoms with Crippen molar-refractivity contribution in [3.8, 4) is 0 Å². The molecule has 0 unspecified atom stereocenters. The summed E-state index contributed by atoms with van der Waals surface area (Å²) in [5, 5.41) is 13.6. The van der Waals surface area contributed by atoms with E-state index < -0.39 is 17.7 Å². The molecule has 2 aromatic rings. The fourth-order valence-corrected chi connectivity index (χ4v) is 2.44. The molecule has 1 heterocycles. The van der Waals surface area contributed by atoms with Crippen LogP contribution in [0.1, 0.15) is 25.9 Å². The molecule has 0 atom stereocenters. The first kappa shape index (κ1) is 15.1. The summed E-state index contributed by atoms with van der Waals surface area (Å²) < 4.78 is 13.2. The number of aromatic carboxylic acids is 1. The van der Waals surface area contributed by atoms with Gasteiger partial charge in [-0.2, -0.15) is 0 Å². The molecule has 0 aliphatic carbocycles. The predicted octanol–water partition coefficient (Wildman–Crippen LogP) is 1.73. The minimum atomic E-state index is -1.26. The topological polar surface area (TPSA) is 105 Å². The van der Waals surface area contributed by atoms with Crippen LogP contribution in [-0.2, 0) is 6.42 Å². The summed E-state index contributed by atoms with van der Waals surface area (Å²) in [6.07, 6.45) is 0.554. The van der Waals surface area contributed by atoms with E-state index >= 15 is 0 Å². The number of nitrogens with two attached hydrogens (primary N) is 1. The molecule has 1 aromatic heterocycles. The lowest BCUT2D eigenvalue weighted by atomic mass is 10.1. The largest absolute Gasteiger partial charge is 0.478 e. The van der Waals surface area contributed by atoms with Crippen LogP contribution in [0.5, 0.6) is 0 Å². The zero-order chi connectivity index (χ0) is 15.4. The number of aromatic nitrogens is 1. The number of carbonyl (C=O) groups is 2. The molecular weight excluding hydrogens is 297 g/mol. The Morgan fingerprint density at radius 3 is 2.86 bits per heavy atom. The molecular formula is C13H12FN3O3S. The molecule has 0 aliphatic rings. The molecule has 0 spiro atoms. The first-order valence-corrected chi connectivity index (χ1v) is 6.88. The minimum Gasteiger partial charge on any atom is -0.478 e. The van der Waals surface area contributed by atoms with Gasteiger partial charge in [0.15, 0.2) is 0 Å². The Kier molecular flexibility index (Phi) is 4.61. The van der Waals surface area contributed by atoms with Gasteiger partial charge in [-0.15, -0.1) is 11.3 Å².